The molecule has 4 heteroatoms. The first-order valence-corrected chi connectivity index (χ1v) is 9.83. The number of aryl methyl sites for hydroxylation is 1. The fraction of sp³-hybridized carbons (Fsp3) is 0.300. The number of hydrogen-bond donors (Lipinski definition) is 1. The molecule has 0 heterocycles. The number of benzene rings is 2. The van der Waals surface area contributed by atoms with Crippen LogP contribution in [0.25, 0.3) is 11.1 Å². The van der Waals surface area contributed by atoms with Crippen LogP contribution in [0.1, 0.15) is 42.4 Å². The Labute approximate surface area is 143 Å². The van der Waals surface area contributed by atoms with Crippen LogP contribution in [0.5, 0.6) is 0 Å². The monoisotopic (exact) mass is 339 g/mol. The Kier molecular flexibility index (Phi) is 3.44. The smallest absolute Gasteiger partial charge is 0.225 e. The van der Waals surface area contributed by atoms with Crippen LogP contribution < -0.4 is 5.14 Å². The molecule has 4 rings (SSSR count). The summed E-state index contributed by atoms with van der Waals surface area (Å²) in [6, 6.07) is 15.7. The van der Waals surface area contributed by atoms with Crippen molar-refractivity contribution in [3.63, 3.8) is 0 Å². The van der Waals surface area contributed by atoms with Gasteiger partial charge in [-0.2, -0.15) is 0 Å². The van der Waals surface area contributed by atoms with Gasteiger partial charge in [0.2, 0.25) is 10.0 Å². The molecule has 0 amide bonds. The third-order valence-electron chi connectivity index (χ3n) is 5.36. The number of allylic oxidation sites excluding steroid dienone is 2. The predicted molar refractivity (Wildman–Crippen MR) is 96.7 cm³/mol. The Hall–Kier alpha value is -1.91. The van der Waals surface area contributed by atoms with Crippen molar-refractivity contribution in [1.82, 2.24) is 0 Å². The van der Waals surface area contributed by atoms with Crippen molar-refractivity contribution in [2.75, 3.05) is 0 Å². The summed E-state index contributed by atoms with van der Waals surface area (Å²) >= 11 is 0. The molecule has 0 saturated heterocycles. The van der Waals surface area contributed by atoms with Gasteiger partial charge in [-0.1, -0.05) is 42.0 Å². The lowest BCUT2D eigenvalue weighted by atomic mass is 9.96. The second-order valence-electron chi connectivity index (χ2n) is 7.25. The zero-order valence-corrected chi connectivity index (χ0v) is 14.6. The molecular formula is C20H21NO2S. The van der Waals surface area contributed by atoms with E-state index in [0.29, 0.717) is 5.41 Å². The third kappa shape index (κ3) is 2.80. The molecule has 24 heavy (non-hydrogen) atoms. The van der Waals surface area contributed by atoms with Crippen LogP contribution in [-0.4, -0.2) is 8.42 Å². The molecule has 0 aliphatic heterocycles. The number of sulfonamides is 1. The third-order valence-corrected chi connectivity index (χ3v) is 6.29. The highest BCUT2D eigenvalue weighted by Crippen LogP contribution is 2.63. The van der Waals surface area contributed by atoms with Crippen LogP contribution in [0.3, 0.4) is 0 Å². The Bertz CT molecular complexity index is 919. The van der Waals surface area contributed by atoms with E-state index in [4.69, 9.17) is 5.14 Å². The molecule has 1 spiro atoms. The van der Waals surface area contributed by atoms with Crippen LogP contribution in [0.2, 0.25) is 0 Å². The molecule has 2 N–H and O–H groups in total. The van der Waals surface area contributed by atoms with Crippen molar-refractivity contribution in [1.29, 1.82) is 0 Å². The maximum Gasteiger partial charge on any atom is 0.238 e. The first-order valence-electron chi connectivity index (χ1n) is 8.29. The van der Waals surface area contributed by atoms with Crippen molar-refractivity contribution < 1.29 is 8.42 Å². The summed E-state index contributed by atoms with van der Waals surface area (Å²) < 4.78 is 22.9. The Morgan fingerprint density at radius 3 is 1.71 bits per heavy atom. The molecule has 2 aromatic carbocycles. The molecule has 3 nitrogen and oxygen atoms in total. The molecule has 2 aromatic rings. The summed E-state index contributed by atoms with van der Waals surface area (Å²) in [6.07, 6.45) is 4.80. The number of primary sulfonamides is 1. The number of nitrogens with two attached hydrogens (primary N) is 1. The lowest BCUT2D eigenvalue weighted by Crippen LogP contribution is -2.11. The Balaban J connectivity index is 1.77. The minimum absolute atomic E-state index is 0.169. The van der Waals surface area contributed by atoms with Gasteiger partial charge in [-0.15, -0.1) is 0 Å². The standard InChI is InChI=1S/C20H21NO2S/c1-14-2-4-15(5-3-14)18-12-20(10-11-20)13-19(18)16-6-8-17(9-7-16)24(21,22)23/h2-9H,10-13H2,1H3,(H2,21,22,23). The molecule has 0 atom stereocenters. The maximum absolute atomic E-state index is 11.5. The highest BCUT2D eigenvalue weighted by Gasteiger charge is 2.48. The topological polar surface area (TPSA) is 60.2 Å². The van der Waals surface area contributed by atoms with Gasteiger partial charge in [-0.3, -0.25) is 0 Å². The van der Waals surface area contributed by atoms with Crippen molar-refractivity contribution >= 4 is 21.2 Å². The van der Waals surface area contributed by atoms with Gasteiger partial charge in [0.15, 0.2) is 0 Å². The second-order valence-corrected chi connectivity index (χ2v) is 8.81. The zero-order chi connectivity index (χ0) is 16.9. The van der Waals surface area contributed by atoms with Crippen LogP contribution in [0, 0.1) is 12.3 Å². The molecule has 1 saturated carbocycles. The van der Waals surface area contributed by atoms with Crippen LogP contribution >= 0.6 is 0 Å². The predicted octanol–water partition coefficient (Wildman–Crippen LogP) is 4.13. The number of rotatable bonds is 3. The highest BCUT2D eigenvalue weighted by atomic mass is 32.2. The molecule has 124 valence electrons. The normalized spacial score (nSPS) is 19.1. The summed E-state index contributed by atoms with van der Waals surface area (Å²) in [5, 5.41) is 5.21. The van der Waals surface area contributed by atoms with E-state index >= 15 is 0 Å². The summed E-state index contributed by atoms with van der Waals surface area (Å²) in [7, 11) is -3.64. The van der Waals surface area contributed by atoms with Crippen molar-refractivity contribution in [2.24, 2.45) is 10.6 Å². The molecular weight excluding hydrogens is 318 g/mol. The summed E-state index contributed by atoms with van der Waals surface area (Å²) in [6.45, 7) is 2.10. The minimum atomic E-state index is -3.64. The van der Waals surface area contributed by atoms with Gasteiger partial charge in [0.25, 0.3) is 0 Å². The summed E-state index contributed by atoms with van der Waals surface area (Å²) in [5.41, 5.74) is 6.89. The molecule has 0 bridgehead atoms. The minimum Gasteiger partial charge on any atom is -0.225 e. The number of hydrogen-bond acceptors (Lipinski definition) is 2. The van der Waals surface area contributed by atoms with Gasteiger partial charge >= 0.3 is 0 Å². The largest absolute Gasteiger partial charge is 0.238 e. The van der Waals surface area contributed by atoms with E-state index in [2.05, 4.69) is 31.2 Å². The molecule has 2 aliphatic rings. The van der Waals surface area contributed by atoms with E-state index in [1.165, 1.54) is 35.1 Å². The Morgan fingerprint density at radius 2 is 1.29 bits per heavy atom. The van der Waals surface area contributed by atoms with E-state index in [9.17, 15) is 8.42 Å². The zero-order valence-electron chi connectivity index (χ0n) is 13.7. The molecule has 1 fully saturated rings. The van der Waals surface area contributed by atoms with Crippen molar-refractivity contribution in [3.8, 4) is 0 Å². The van der Waals surface area contributed by atoms with Gasteiger partial charge in [0, 0.05) is 0 Å². The van der Waals surface area contributed by atoms with Crippen molar-refractivity contribution in [3.05, 3.63) is 65.2 Å². The van der Waals surface area contributed by atoms with E-state index in [-0.39, 0.29) is 4.90 Å². The quantitative estimate of drug-likeness (QED) is 0.914. The van der Waals surface area contributed by atoms with E-state index in [1.807, 2.05) is 12.1 Å². The van der Waals surface area contributed by atoms with E-state index in [0.717, 1.165) is 18.4 Å². The van der Waals surface area contributed by atoms with Crippen LogP contribution in [0.15, 0.2) is 53.4 Å². The molecule has 0 unspecified atom stereocenters. The van der Waals surface area contributed by atoms with E-state index < -0.39 is 10.0 Å². The van der Waals surface area contributed by atoms with Gasteiger partial charge < -0.3 is 0 Å². The van der Waals surface area contributed by atoms with Gasteiger partial charge in [0.05, 0.1) is 4.90 Å². The average Bonchev–Trinajstić information content (AvgIpc) is 3.19. The lowest BCUT2D eigenvalue weighted by molar-refractivity contribution is 0.568. The van der Waals surface area contributed by atoms with Gasteiger partial charge in [0.1, 0.15) is 0 Å². The van der Waals surface area contributed by atoms with E-state index in [1.54, 1.807) is 12.1 Å². The van der Waals surface area contributed by atoms with Gasteiger partial charge in [-0.25, -0.2) is 13.6 Å². The molecule has 0 aromatic heterocycles. The SMILES string of the molecule is Cc1ccc(C2=C(c3ccc(S(N)(=O)=O)cc3)CC3(CC3)C2)cc1. The highest BCUT2D eigenvalue weighted by molar-refractivity contribution is 7.89. The first kappa shape index (κ1) is 15.6. The average molecular weight is 339 g/mol. The van der Waals surface area contributed by atoms with Crippen LogP contribution in [0.4, 0.5) is 0 Å². The molecule has 0 radical (unpaired) electrons. The second kappa shape index (κ2) is 5.30. The molecule has 2 aliphatic carbocycles. The van der Waals surface area contributed by atoms with Crippen LogP contribution in [-0.2, 0) is 10.0 Å². The Morgan fingerprint density at radius 1 is 0.833 bits per heavy atom. The van der Waals surface area contributed by atoms with Crippen molar-refractivity contribution in [2.45, 2.75) is 37.5 Å². The van der Waals surface area contributed by atoms with Gasteiger partial charge in [-0.05, 0) is 72.4 Å². The fourth-order valence-electron chi connectivity index (χ4n) is 3.71. The maximum atomic E-state index is 11.5. The summed E-state index contributed by atoms with van der Waals surface area (Å²) in [4.78, 5) is 0.169. The summed E-state index contributed by atoms with van der Waals surface area (Å²) in [5.74, 6) is 0. The lowest BCUT2D eigenvalue weighted by Gasteiger charge is -2.09. The first-order chi connectivity index (χ1) is 11.4. The fourth-order valence-corrected chi connectivity index (χ4v) is 4.22.